The van der Waals surface area contributed by atoms with E-state index in [-0.39, 0.29) is 5.56 Å². The molecule has 0 amide bonds. The molecule has 0 atom stereocenters. The summed E-state index contributed by atoms with van der Waals surface area (Å²) in [6.07, 6.45) is 1.83. The first kappa shape index (κ1) is 13.1. The summed E-state index contributed by atoms with van der Waals surface area (Å²) < 4.78 is 2.65. The number of aromatic nitrogens is 1. The van der Waals surface area contributed by atoms with E-state index in [1.165, 1.54) is 22.3 Å². The van der Waals surface area contributed by atoms with Crippen molar-refractivity contribution in [2.24, 2.45) is 0 Å². The van der Waals surface area contributed by atoms with Crippen LogP contribution in [0.25, 0.3) is 0 Å². The molecule has 0 saturated carbocycles. The van der Waals surface area contributed by atoms with E-state index in [4.69, 9.17) is 0 Å². The second-order valence-electron chi connectivity index (χ2n) is 4.69. The molecule has 1 aromatic heterocycles. The largest absolute Gasteiger partial charge is 0.310 e. The van der Waals surface area contributed by atoms with Crippen molar-refractivity contribution in [2.45, 2.75) is 27.3 Å². The van der Waals surface area contributed by atoms with Gasteiger partial charge >= 0.3 is 0 Å². The van der Waals surface area contributed by atoms with Gasteiger partial charge in [-0.2, -0.15) is 0 Å². The van der Waals surface area contributed by atoms with Gasteiger partial charge in [-0.3, -0.25) is 4.79 Å². The van der Waals surface area contributed by atoms with Gasteiger partial charge in [0.15, 0.2) is 0 Å². The predicted octanol–water partition coefficient (Wildman–Crippen LogP) is 3.58. The number of nitrogens with zero attached hydrogens (tertiary/aromatic N) is 1. The number of hydrogen-bond acceptors (Lipinski definition) is 1. The second-order valence-corrected chi connectivity index (χ2v) is 5.61. The van der Waals surface area contributed by atoms with Crippen molar-refractivity contribution in [2.75, 3.05) is 0 Å². The maximum Gasteiger partial charge on any atom is 0.250 e. The van der Waals surface area contributed by atoms with Crippen LogP contribution in [0.2, 0.25) is 0 Å². The molecule has 2 rings (SSSR count). The third kappa shape index (κ3) is 2.72. The molecule has 0 spiro atoms. The number of rotatable bonds is 2. The fourth-order valence-electron chi connectivity index (χ4n) is 2.26. The molecule has 1 heterocycles. The molecular weight excluding hydrogens is 290 g/mol. The Hall–Kier alpha value is -1.35. The first-order chi connectivity index (χ1) is 8.47. The molecule has 2 nitrogen and oxygen atoms in total. The molecule has 3 heteroatoms. The van der Waals surface area contributed by atoms with Crippen LogP contribution in [0, 0.1) is 20.8 Å². The normalized spacial score (nSPS) is 10.7. The van der Waals surface area contributed by atoms with Gasteiger partial charge < -0.3 is 4.57 Å². The molecule has 0 aliphatic carbocycles. The average Bonchev–Trinajstić information content (AvgIpc) is 2.28. The lowest BCUT2D eigenvalue weighted by molar-refractivity contribution is 0.747. The zero-order valence-corrected chi connectivity index (χ0v) is 12.4. The summed E-state index contributed by atoms with van der Waals surface area (Å²) >= 11 is 3.40. The molecule has 0 fully saturated rings. The summed E-state index contributed by atoms with van der Waals surface area (Å²) in [5.41, 5.74) is 4.98. The van der Waals surface area contributed by atoms with Gasteiger partial charge in [-0.15, -0.1) is 0 Å². The van der Waals surface area contributed by atoms with E-state index in [9.17, 15) is 4.79 Å². The van der Waals surface area contributed by atoms with Crippen LogP contribution < -0.4 is 5.56 Å². The van der Waals surface area contributed by atoms with Crippen LogP contribution in [0.3, 0.4) is 0 Å². The van der Waals surface area contributed by atoms with Gasteiger partial charge in [0, 0.05) is 16.7 Å². The van der Waals surface area contributed by atoms with E-state index in [0.717, 1.165) is 4.47 Å². The highest BCUT2D eigenvalue weighted by atomic mass is 79.9. The monoisotopic (exact) mass is 305 g/mol. The minimum atomic E-state index is 0.0255. The van der Waals surface area contributed by atoms with Crippen molar-refractivity contribution >= 4 is 15.9 Å². The molecule has 0 N–H and O–H groups in total. The maximum absolute atomic E-state index is 11.8. The number of benzene rings is 1. The van der Waals surface area contributed by atoms with E-state index in [2.05, 4.69) is 48.8 Å². The summed E-state index contributed by atoms with van der Waals surface area (Å²) in [5, 5.41) is 0. The number of pyridine rings is 1. The minimum absolute atomic E-state index is 0.0255. The summed E-state index contributed by atoms with van der Waals surface area (Å²) in [6, 6.07) is 7.67. The van der Waals surface area contributed by atoms with Crippen LogP contribution in [-0.4, -0.2) is 4.57 Å². The molecule has 0 bridgehead atoms. The first-order valence-corrected chi connectivity index (χ1v) is 6.69. The van der Waals surface area contributed by atoms with Crippen molar-refractivity contribution in [3.05, 3.63) is 67.5 Å². The zero-order valence-electron chi connectivity index (χ0n) is 10.8. The van der Waals surface area contributed by atoms with E-state index in [0.29, 0.717) is 6.54 Å². The third-order valence-corrected chi connectivity index (χ3v) is 3.59. The van der Waals surface area contributed by atoms with Gasteiger partial charge in [-0.05, 0) is 59.5 Å². The molecule has 0 aliphatic heterocycles. The van der Waals surface area contributed by atoms with E-state index in [1.54, 1.807) is 16.7 Å². The summed E-state index contributed by atoms with van der Waals surface area (Å²) in [5.74, 6) is 0. The lowest BCUT2D eigenvalue weighted by Gasteiger charge is -2.13. The highest BCUT2D eigenvalue weighted by molar-refractivity contribution is 9.10. The SMILES string of the molecule is Cc1cc(C)c(Cn2cc(Br)ccc2=O)c(C)c1. The van der Waals surface area contributed by atoms with Crippen molar-refractivity contribution in [3.8, 4) is 0 Å². The van der Waals surface area contributed by atoms with Crippen LogP contribution in [-0.2, 0) is 6.54 Å². The maximum atomic E-state index is 11.8. The Morgan fingerprint density at radius 1 is 1.11 bits per heavy atom. The minimum Gasteiger partial charge on any atom is -0.310 e. The number of halogens is 1. The Bertz CT molecular complexity index is 620. The van der Waals surface area contributed by atoms with Gasteiger partial charge in [0.25, 0.3) is 5.56 Å². The summed E-state index contributed by atoms with van der Waals surface area (Å²) in [7, 11) is 0. The molecule has 0 saturated heterocycles. The van der Waals surface area contributed by atoms with Gasteiger partial charge in [0.2, 0.25) is 0 Å². The van der Waals surface area contributed by atoms with Crippen LogP contribution in [0.5, 0.6) is 0 Å². The molecule has 0 aliphatic rings. The molecule has 2 aromatic rings. The standard InChI is InChI=1S/C15H16BrNO/c1-10-6-11(2)14(12(3)7-10)9-17-8-13(16)4-5-15(17)18/h4-8H,9H2,1-3H3. The quantitative estimate of drug-likeness (QED) is 0.831. The van der Waals surface area contributed by atoms with Crippen LogP contribution >= 0.6 is 15.9 Å². The average molecular weight is 306 g/mol. The van der Waals surface area contributed by atoms with E-state index >= 15 is 0 Å². The lowest BCUT2D eigenvalue weighted by Crippen LogP contribution is -2.19. The number of aryl methyl sites for hydroxylation is 3. The Morgan fingerprint density at radius 3 is 2.33 bits per heavy atom. The Kier molecular flexibility index (Phi) is 3.71. The smallest absolute Gasteiger partial charge is 0.250 e. The molecule has 18 heavy (non-hydrogen) atoms. The van der Waals surface area contributed by atoms with Crippen LogP contribution in [0.1, 0.15) is 22.3 Å². The van der Waals surface area contributed by atoms with Crippen LogP contribution in [0.4, 0.5) is 0 Å². The molecule has 0 radical (unpaired) electrons. The molecular formula is C15H16BrNO. The summed E-state index contributed by atoms with van der Waals surface area (Å²) in [4.78, 5) is 11.8. The fourth-order valence-corrected chi connectivity index (χ4v) is 2.63. The van der Waals surface area contributed by atoms with Crippen molar-refractivity contribution < 1.29 is 0 Å². The lowest BCUT2D eigenvalue weighted by atomic mass is 10.00. The predicted molar refractivity (Wildman–Crippen MR) is 78.2 cm³/mol. The van der Waals surface area contributed by atoms with E-state index in [1.807, 2.05) is 6.20 Å². The molecule has 0 unspecified atom stereocenters. The van der Waals surface area contributed by atoms with Crippen LogP contribution in [0.15, 0.2) is 39.7 Å². The fraction of sp³-hybridized carbons (Fsp3) is 0.267. The van der Waals surface area contributed by atoms with Crippen molar-refractivity contribution in [1.82, 2.24) is 4.57 Å². The Balaban J connectivity index is 2.46. The van der Waals surface area contributed by atoms with Gasteiger partial charge in [0.1, 0.15) is 0 Å². The van der Waals surface area contributed by atoms with E-state index < -0.39 is 0 Å². The summed E-state index contributed by atoms with van der Waals surface area (Å²) in [6.45, 7) is 6.90. The Morgan fingerprint density at radius 2 is 1.72 bits per heavy atom. The van der Waals surface area contributed by atoms with Crippen molar-refractivity contribution in [3.63, 3.8) is 0 Å². The first-order valence-electron chi connectivity index (χ1n) is 5.90. The number of hydrogen-bond donors (Lipinski definition) is 0. The Labute approximate surface area is 115 Å². The van der Waals surface area contributed by atoms with Crippen molar-refractivity contribution in [1.29, 1.82) is 0 Å². The third-order valence-electron chi connectivity index (χ3n) is 3.12. The van der Waals surface area contributed by atoms with Gasteiger partial charge in [0.05, 0.1) is 6.54 Å². The highest BCUT2D eigenvalue weighted by Crippen LogP contribution is 2.17. The zero-order chi connectivity index (χ0) is 13.3. The second kappa shape index (κ2) is 5.11. The molecule has 94 valence electrons. The molecule has 1 aromatic carbocycles. The van der Waals surface area contributed by atoms with Gasteiger partial charge in [-0.1, -0.05) is 17.7 Å². The highest BCUT2D eigenvalue weighted by Gasteiger charge is 2.06. The van der Waals surface area contributed by atoms with Gasteiger partial charge in [-0.25, -0.2) is 0 Å². The topological polar surface area (TPSA) is 22.0 Å².